The van der Waals surface area contributed by atoms with Gasteiger partial charge in [-0.15, -0.1) is 0 Å². The minimum Gasteiger partial charge on any atom is -0.465 e. The molecule has 4 heteroatoms. The molecule has 0 amide bonds. The molecular formula is C31H34O4. The molecule has 2 atom stereocenters. The molecule has 3 aromatic rings. The molecule has 1 aliphatic carbocycles. The summed E-state index contributed by atoms with van der Waals surface area (Å²) in [4.78, 5) is 24.9. The normalized spacial score (nSPS) is 21.2. The van der Waals surface area contributed by atoms with Gasteiger partial charge in [-0.1, -0.05) is 74.9 Å². The highest BCUT2D eigenvalue weighted by atomic mass is 16.5. The Morgan fingerprint density at radius 2 is 1.34 bits per heavy atom. The number of benzene rings is 3. The quantitative estimate of drug-likeness (QED) is 0.294. The van der Waals surface area contributed by atoms with Gasteiger partial charge in [0.1, 0.15) is 5.75 Å². The van der Waals surface area contributed by atoms with Crippen molar-refractivity contribution >= 4 is 11.9 Å². The number of carbonyl (C=O) groups excluding carboxylic acids is 2. The lowest BCUT2D eigenvalue weighted by Crippen LogP contribution is -2.41. The van der Waals surface area contributed by atoms with Crippen molar-refractivity contribution in [2.24, 2.45) is 11.3 Å². The van der Waals surface area contributed by atoms with Crippen LogP contribution in [0.15, 0.2) is 72.8 Å². The molecule has 3 aromatic carbocycles. The highest BCUT2D eigenvalue weighted by Gasteiger charge is 2.45. The van der Waals surface area contributed by atoms with Crippen LogP contribution in [0, 0.1) is 18.3 Å². The van der Waals surface area contributed by atoms with Crippen molar-refractivity contribution in [1.29, 1.82) is 0 Å². The number of methoxy groups -OCH3 is 1. The summed E-state index contributed by atoms with van der Waals surface area (Å²) in [7, 11) is 1.29. The summed E-state index contributed by atoms with van der Waals surface area (Å²) in [6.45, 7) is 9.19. The van der Waals surface area contributed by atoms with Gasteiger partial charge in [-0.05, 0) is 72.9 Å². The van der Waals surface area contributed by atoms with Crippen molar-refractivity contribution in [2.75, 3.05) is 7.11 Å². The first-order chi connectivity index (χ1) is 16.6. The Morgan fingerprint density at radius 3 is 1.89 bits per heavy atom. The summed E-state index contributed by atoms with van der Waals surface area (Å²) in [5.74, 6) is -0.116. The van der Waals surface area contributed by atoms with Gasteiger partial charge in [0.25, 0.3) is 0 Å². The van der Waals surface area contributed by atoms with E-state index in [1.807, 2.05) is 12.1 Å². The lowest BCUT2D eigenvalue weighted by atomic mass is 9.55. The van der Waals surface area contributed by atoms with E-state index in [0.717, 1.165) is 12.8 Å². The van der Waals surface area contributed by atoms with Crippen molar-refractivity contribution in [1.82, 2.24) is 0 Å². The van der Waals surface area contributed by atoms with E-state index in [2.05, 4.69) is 64.1 Å². The van der Waals surface area contributed by atoms with Gasteiger partial charge in [0.15, 0.2) is 0 Å². The molecule has 4 nitrogen and oxygen atoms in total. The van der Waals surface area contributed by atoms with Crippen molar-refractivity contribution in [3.05, 3.63) is 101 Å². The molecule has 1 saturated carbocycles. The van der Waals surface area contributed by atoms with E-state index in [0.29, 0.717) is 11.7 Å². The largest absolute Gasteiger partial charge is 0.465 e. The second kappa shape index (κ2) is 9.69. The number of carbonyl (C=O) groups is 2. The van der Waals surface area contributed by atoms with Crippen LogP contribution in [0.4, 0.5) is 0 Å². The Kier molecular flexibility index (Phi) is 6.84. The summed E-state index contributed by atoms with van der Waals surface area (Å²) in [6.07, 6.45) is 3.33. The lowest BCUT2D eigenvalue weighted by molar-refractivity contribution is 0.0587. The highest BCUT2D eigenvalue weighted by Crippen LogP contribution is 2.53. The Hall–Kier alpha value is -3.40. The standard InChI is InChI=1S/C31H34O4/c1-21-10-12-23(13-11-21)31(19-22(2)18-30(3,4)20-31)24-14-16-25(17-15-24)35-29(33)27-9-7-6-8-26(27)28(32)34-5/h6-17,22H,18-20H2,1-5H3. The van der Waals surface area contributed by atoms with Gasteiger partial charge in [0, 0.05) is 5.41 Å². The number of hydrogen-bond donors (Lipinski definition) is 0. The zero-order chi connectivity index (χ0) is 25.2. The molecule has 0 saturated heterocycles. The first kappa shape index (κ1) is 24.7. The van der Waals surface area contributed by atoms with Crippen molar-refractivity contribution in [3.63, 3.8) is 0 Å². The van der Waals surface area contributed by atoms with E-state index in [-0.39, 0.29) is 22.0 Å². The van der Waals surface area contributed by atoms with Gasteiger partial charge >= 0.3 is 11.9 Å². The summed E-state index contributed by atoms with van der Waals surface area (Å²) in [6, 6.07) is 23.3. The molecule has 4 rings (SSSR count). The maximum atomic E-state index is 12.9. The van der Waals surface area contributed by atoms with Gasteiger partial charge in [-0.25, -0.2) is 9.59 Å². The predicted molar refractivity (Wildman–Crippen MR) is 138 cm³/mol. The molecule has 0 N–H and O–H groups in total. The van der Waals surface area contributed by atoms with Crippen molar-refractivity contribution in [3.8, 4) is 5.75 Å². The van der Waals surface area contributed by atoms with Gasteiger partial charge in [-0.2, -0.15) is 0 Å². The minimum absolute atomic E-state index is 0.102. The van der Waals surface area contributed by atoms with Crippen LogP contribution in [0.5, 0.6) is 5.75 Å². The van der Waals surface area contributed by atoms with Crippen LogP contribution < -0.4 is 4.74 Å². The Balaban J connectivity index is 1.66. The molecule has 1 aliphatic rings. The first-order valence-corrected chi connectivity index (χ1v) is 12.2. The average Bonchev–Trinajstić information content (AvgIpc) is 2.83. The molecule has 0 heterocycles. The van der Waals surface area contributed by atoms with Gasteiger partial charge in [0.05, 0.1) is 18.2 Å². The smallest absolute Gasteiger partial charge is 0.344 e. The molecule has 0 bridgehead atoms. The topological polar surface area (TPSA) is 52.6 Å². The van der Waals surface area contributed by atoms with Crippen molar-refractivity contribution < 1.29 is 19.1 Å². The Morgan fingerprint density at radius 1 is 0.800 bits per heavy atom. The van der Waals surface area contributed by atoms with E-state index >= 15 is 0 Å². The molecule has 35 heavy (non-hydrogen) atoms. The number of esters is 2. The molecule has 0 radical (unpaired) electrons. The molecule has 0 spiro atoms. The second-order valence-electron chi connectivity index (χ2n) is 10.8. The zero-order valence-corrected chi connectivity index (χ0v) is 21.3. The van der Waals surface area contributed by atoms with Crippen LogP contribution in [-0.2, 0) is 10.2 Å². The lowest BCUT2D eigenvalue weighted by Gasteiger charge is -2.48. The van der Waals surface area contributed by atoms with Gasteiger partial charge in [0.2, 0.25) is 0 Å². The van der Waals surface area contributed by atoms with Crippen LogP contribution in [0.25, 0.3) is 0 Å². The van der Waals surface area contributed by atoms with Crippen molar-refractivity contribution in [2.45, 2.75) is 52.4 Å². The van der Waals surface area contributed by atoms with E-state index < -0.39 is 11.9 Å². The van der Waals surface area contributed by atoms with Crippen LogP contribution in [0.1, 0.15) is 77.4 Å². The first-order valence-electron chi connectivity index (χ1n) is 12.2. The van der Waals surface area contributed by atoms with Crippen LogP contribution in [-0.4, -0.2) is 19.0 Å². The molecular weight excluding hydrogens is 436 g/mol. The molecule has 182 valence electrons. The monoisotopic (exact) mass is 470 g/mol. The van der Waals surface area contributed by atoms with Gasteiger partial charge < -0.3 is 9.47 Å². The summed E-state index contributed by atoms with van der Waals surface area (Å²) in [5.41, 5.74) is 4.30. The molecule has 2 unspecified atom stereocenters. The third kappa shape index (κ3) is 5.17. The van der Waals surface area contributed by atoms with E-state index in [1.165, 1.54) is 30.2 Å². The second-order valence-corrected chi connectivity index (χ2v) is 10.8. The van der Waals surface area contributed by atoms with Crippen LogP contribution in [0.2, 0.25) is 0 Å². The summed E-state index contributed by atoms with van der Waals surface area (Å²) < 4.78 is 10.4. The van der Waals surface area contributed by atoms with E-state index in [9.17, 15) is 9.59 Å². The molecule has 1 fully saturated rings. The number of ether oxygens (including phenoxy) is 2. The van der Waals surface area contributed by atoms with Crippen LogP contribution in [0.3, 0.4) is 0 Å². The fraction of sp³-hybridized carbons (Fsp3) is 0.355. The maximum absolute atomic E-state index is 12.9. The number of aryl methyl sites for hydroxylation is 1. The summed E-state index contributed by atoms with van der Waals surface area (Å²) >= 11 is 0. The fourth-order valence-electron chi connectivity index (χ4n) is 6.00. The zero-order valence-electron chi connectivity index (χ0n) is 21.3. The SMILES string of the molecule is COC(=O)c1ccccc1C(=O)Oc1ccc(C2(c3ccc(C)cc3)CC(C)CC(C)(C)C2)cc1. The third-order valence-electron chi connectivity index (χ3n) is 7.15. The predicted octanol–water partition coefficient (Wildman–Crippen LogP) is 7.13. The van der Waals surface area contributed by atoms with E-state index in [1.54, 1.807) is 24.3 Å². The van der Waals surface area contributed by atoms with E-state index in [4.69, 9.17) is 9.47 Å². The maximum Gasteiger partial charge on any atom is 0.344 e. The highest BCUT2D eigenvalue weighted by molar-refractivity contribution is 6.03. The van der Waals surface area contributed by atoms with Gasteiger partial charge in [-0.3, -0.25) is 0 Å². The average molecular weight is 471 g/mol. The number of hydrogen-bond acceptors (Lipinski definition) is 4. The van der Waals surface area contributed by atoms with Crippen LogP contribution >= 0.6 is 0 Å². The Labute approximate surface area is 208 Å². The minimum atomic E-state index is -0.584. The Bertz CT molecular complexity index is 1210. The molecule has 0 aromatic heterocycles. The summed E-state index contributed by atoms with van der Waals surface area (Å²) in [5, 5.41) is 0. The molecule has 0 aliphatic heterocycles. The third-order valence-corrected chi connectivity index (χ3v) is 7.15. The number of rotatable bonds is 5. The fourth-order valence-corrected chi connectivity index (χ4v) is 6.00.